The standard InChI is InChI=1S/C32H22O6/c33-31(34)23-9-17-27(18-10-23)37-25-13-5-21(6-14-25)29-3-1-2-4-30(29)22-7-15-26(16-8-22)38-28-19-11-24(12-20-28)32(35)36/h1-20H,(H,33,34)(H,35,36). The van der Waals surface area contributed by atoms with Crippen LogP contribution < -0.4 is 9.47 Å². The van der Waals surface area contributed by atoms with Gasteiger partial charge in [-0.3, -0.25) is 0 Å². The number of carboxylic acids is 2. The largest absolute Gasteiger partial charge is 0.478 e. The quantitative estimate of drug-likeness (QED) is 0.223. The average molecular weight is 503 g/mol. The Labute approximate surface area is 219 Å². The van der Waals surface area contributed by atoms with Crippen LogP contribution >= 0.6 is 0 Å². The molecule has 5 aromatic carbocycles. The van der Waals surface area contributed by atoms with Crippen molar-refractivity contribution in [3.63, 3.8) is 0 Å². The van der Waals surface area contributed by atoms with Gasteiger partial charge < -0.3 is 19.7 Å². The molecule has 0 spiro atoms. The molecule has 0 saturated heterocycles. The highest BCUT2D eigenvalue weighted by Crippen LogP contribution is 2.35. The molecule has 0 bridgehead atoms. The van der Waals surface area contributed by atoms with E-state index >= 15 is 0 Å². The zero-order valence-electron chi connectivity index (χ0n) is 20.1. The lowest BCUT2D eigenvalue weighted by atomic mass is 9.94. The summed E-state index contributed by atoms with van der Waals surface area (Å²) in [6, 6.07) is 36.1. The number of ether oxygens (including phenoxy) is 2. The van der Waals surface area contributed by atoms with Crippen LogP contribution in [0.25, 0.3) is 22.3 Å². The van der Waals surface area contributed by atoms with Crippen LogP contribution in [0.5, 0.6) is 23.0 Å². The lowest BCUT2D eigenvalue weighted by molar-refractivity contribution is 0.0686. The maximum absolute atomic E-state index is 11.0. The van der Waals surface area contributed by atoms with Crippen molar-refractivity contribution in [2.75, 3.05) is 0 Å². The lowest BCUT2D eigenvalue weighted by Gasteiger charge is -2.12. The second kappa shape index (κ2) is 10.7. The van der Waals surface area contributed by atoms with Crippen molar-refractivity contribution < 1.29 is 29.3 Å². The molecular weight excluding hydrogens is 480 g/mol. The molecular formula is C32H22O6. The minimum absolute atomic E-state index is 0.207. The van der Waals surface area contributed by atoms with E-state index in [9.17, 15) is 9.59 Å². The summed E-state index contributed by atoms with van der Waals surface area (Å²) in [5.74, 6) is 0.453. The van der Waals surface area contributed by atoms with Crippen LogP contribution in [-0.4, -0.2) is 22.2 Å². The molecule has 0 saturated carbocycles. The summed E-state index contributed by atoms with van der Waals surface area (Å²) in [5.41, 5.74) is 4.57. The van der Waals surface area contributed by atoms with E-state index in [1.165, 1.54) is 24.3 Å². The van der Waals surface area contributed by atoms with Gasteiger partial charge in [0.15, 0.2) is 0 Å². The van der Waals surface area contributed by atoms with E-state index in [4.69, 9.17) is 19.7 Å². The van der Waals surface area contributed by atoms with Crippen LogP contribution in [0, 0.1) is 0 Å². The minimum atomic E-state index is -0.978. The number of hydrogen-bond donors (Lipinski definition) is 2. The van der Waals surface area contributed by atoms with Gasteiger partial charge in [0.1, 0.15) is 23.0 Å². The first-order chi connectivity index (χ1) is 18.5. The van der Waals surface area contributed by atoms with Crippen LogP contribution in [0.15, 0.2) is 121 Å². The number of benzene rings is 5. The summed E-state index contributed by atoms with van der Waals surface area (Å²) >= 11 is 0. The first kappa shape index (κ1) is 24.3. The second-order valence-electron chi connectivity index (χ2n) is 8.46. The van der Waals surface area contributed by atoms with Crippen molar-refractivity contribution in [2.45, 2.75) is 0 Å². The summed E-state index contributed by atoms with van der Waals surface area (Å²) in [6.07, 6.45) is 0. The molecule has 2 N–H and O–H groups in total. The highest BCUT2D eigenvalue weighted by atomic mass is 16.5. The van der Waals surface area contributed by atoms with Crippen molar-refractivity contribution in [1.82, 2.24) is 0 Å². The summed E-state index contributed by atoms with van der Waals surface area (Å²) < 4.78 is 11.7. The van der Waals surface area contributed by atoms with Gasteiger partial charge in [-0.05, 0) is 95.1 Å². The van der Waals surface area contributed by atoms with Crippen LogP contribution in [0.1, 0.15) is 20.7 Å². The normalized spacial score (nSPS) is 10.5. The second-order valence-corrected chi connectivity index (χ2v) is 8.46. The summed E-state index contributed by atoms with van der Waals surface area (Å²) in [7, 11) is 0. The molecule has 0 radical (unpaired) electrons. The fourth-order valence-corrected chi connectivity index (χ4v) is 3.99. The molecule has 0 aliphatic heterocycles. The minimum Gasteiger partial charge on any atom is -0.478 e. The van der Waals surface area contributed by atoms with Crippen molar-refractivity contribution in [3.05, 3.63) is 132 Å². The van der Waals surface area contributed by atoms with E-state index in [1.54, 1.807) is 24.3 Å². The summed E-state index contributed by atoms with van der Waals surface area (Å²) in [5, 5.41) is 18.1. The van der Waals surface area contributed by atoms with Crippen molar-refractivity contribution in [1.29, 1.82) is 0 Å². The van der Waals surface area contributed by atoms with Gasteiger partial charge in [0.05, 0.1) is 11.1 Å². The molecule has 186 valence electrons. The topological polar surface area (TPSA) is 93.1 Å². The predicted octanol–water partition coefficient (Wildman–Crippen LogP) is 8.00. The van der Waals surface area contributed by atoms with Gasteiger partial charge >= 0.3 is 11.9 Å². The van der Waals surface area contributed by atoms with Crippen LogP contribution in [0.4, 0.5) is 0 Å². The smallest absolute Gasteiger partial charge is 0.335 e. The molecule has 5 rings (SSSR count). The third-order valence-electron chi connectivity index (χ3n) is 5.93. The average Bonchev–Trinajstić information content (AvgIpc) is 2.94. The number of rotatable bonds is 8. The Bertz CT molecular complexity index is 1450. The fraction of sp³-hybridized carbons (Fsp3) is 0. The Morgan fingerprint density at radius 3 is 1.00 bits per heavy atom. The Morgan fingerprint density at radius 1 is 0.421 bits per heavy atom. The Balaban J connectivity index is 1.32. The molecule has 6 heteroatoms. The maximum atomic E-state index is 11.0. The van der Waals surface area contributed by atoms with Gasteiger partial charge in [0.25, 0.3) is 0 Å². The van der Waals surface area contributed by atoms with Crippen molar-refractivity contribution >= 4 is 11.9 Å². The van der Waals surface area contributed by atoms with E-state index in [-0.39, 0.29) is 11.1 Å². The maximum Gasteiger partial charge on any atom is 0.335 e. The summed E-state index contributed by atoms with van der Waals surface area (Å²) in [4.78, 5) is 22.1. The van der Waals surface area contributed by atoms with Crippen LogP contribution in [0.3, 0.4) is 0 Å². The number of hydrogen-bond acceptors (Lipinski definition) is 4. The molecule has 38 heavy (non-hydrogen) atoms. The van der Waals surface area contributed by atoms with Crippen LogP contribution in [-0.2, 0) is 0 Å². The van der Waals surface area contributed by atoms with Crippen molar-refractivity contribution in [2.24, 2.45) is 0 Å². The van der Waals surface area contributed by atoms with Gasteiger partial charge in [-0.2, -0.15) is 0 Å². The van der Waals surface area contributed by atoms with Gasteiger partial charge in [0, 0.05) is 0 Å². The van der Waals surface area contributed by atoms with Gasteiger partial charge in [-0.1, -0.05) is 48.5 Å². The molecule has 0 aromatic heterocycles. The zero-order valence-corrected chi connectivity index (χ0v) is 20.1. The van der Waals surface area contributed by atoms with E-state index < -0.39 is 11.9 Å². The summed E-state index contributed by atoms with van der Waals surface area (Å²) in [6.45, 7) is 0. The van der Waals surface area contributed by atoms with E-state index in [2.05, 4.69) is 12.1 Å². The molecule has 0 aliphatic rings. The monoisotopic (exact) mass is 502 g/mol. The SMILES string of the molecule is O=C(O)c1ccc(Oc2ccc(-c3ccccc3-c3ccc(Oc4ccc(C(=O)O)cc4)cc3)cc2)cc1. The van der Waals surface area contributed by atoms with E-state index in [0.29, 0.717) is 23.0 Å². The number of carbonyl (C=O) groups is 2. The predicted molar refractivity (Wildman–Crippen MR) is 144 cm³/mol. The van der Waals surface area contributed by atoms with Gasteiger partial charge in [-0.15, -0.1) is 0 Å². The Kier molecular flexibility index (Phi) is 6.87. The van der Waals surface area contributed by atoms with Gasteiger partial charge in [0.2, 0.25) is 0 Å². The highest BCUT2D eigenvalue weighted by molar-refractivity contribution is 5.88. The molecule has 0 atom stereocenters. The Morgan fingerprint density at radius 2 is 0.711 bits per heavy atom. The van der Waals surface area contributed by atoms with E-state index in [1.807, 2.05) is 60.7 Å². The zero-order chi connectivity index (χ0) is 26.5. The fourth-order valence-electron chi connectivity index (χ4n) is 3.99. The lowest BCUT2D eigenvalue weighted by Crippen LogP contribution is -1.95. The molecule has 0 aliphatic carbocycles. The first-order valence-electron chi connectivity index (χ1n) is 11.8. The molecule has 0 fully saturated rings. The molecule has 0 unspecified atom stereocenters. The highest BCUT2D eigenvalue weighted by Gasteiger charge is 2.09. The molecule has 0 amide bonds. The molecule has 6 nitrogen and oxygen atoms in total. The number of carboxylic acid groups (broad SMARTS) is 2. The molecule has 5 aromatic rings. The van der Waals surface area contributed by atoms with Gasteiger partial charge in [-0.25, -0.2) is 9.59 Å². The first-order valence-corrected chi connectivity index (χ1v) is 11.8. The molecule has 0 heterocycles. The third-order valence-corrected chi connectivity index (χ3v) is 5.93. The Hall–Kier alpha value is -5.36. The number of aromatic carboxylic acids is 2. The van der Waals surface area contributed by atoms with Crippen LogP contribution in [0.2, 0.25) is 0 Å². The van der Waals surface area contributed by atoms with Crippen molar-refractivity contribution in [3.8, 4) is 45.3 Å². The third kappa shape index (κ3) is 5.55. The van der Waals surface area contributed by atoms with E-state index in [0.717, 1.165) is 22.3 Å².